The summed E-state index contributed by atoms with van der Waals surface area (Å²) in [6, 6.07) is 8.81. The Kier molecular flexibility index (Phi) is 5.77. The molecule has 0 bridgehead atoms. The Morgan fingerprint density at radius 1 is 1.26 bits per heavy atom. The van der Waals surface area contributed by atoms with Crippen LogP contribution in [0.3, 0.4) is 0 Å². The largest absolute Gasteiger partial charge is 0.338 e. The Morgan fingerprint density at radius 2 is 1.91 bits per heavy atom. The molecule has 0 saturated carbocycles. The summed E-state index contributed by atoms with van der Waals surface area (Å²) in [5.41, 5.74) is 6.75. The lowest BCUT2D eigenvalue weighted by molar-refractivity contribution is -0.136. The van der Waals surface area contributed by atoms with Gasteiger partial charge in [-0.25, -0.2) is 0 Å². The molecule has 1 aliphatic rings. The third-order valence-electron chi connectivity index (χ3n) is 4.76. The molecule has 1 heterocycles. The van der Waals surface area contributed by atoms with Gasteiger partial charge in [0.05, 0.1) is 6.04 Å². The van der Waals surface area contributed by atoms with Crippen molar-refractivity contribution in [3.05, 3.63) is 35.9 Å². The van der Waals surface area contributed by atoms with Gasteiger partial charge in [-0.3, -0.25) is 9.59 Å². The number of rotatable bonds is 4. The van der Waals surface area contributed by atoms with Gasteiger partial charge in [-0.2, -0.15) is 0 Å². The number of hydrogen-bond acceptors (Lipinski definition) is 3. The van der Waals surface area contributed by atoms with Crippen LogP contribution in [0.25, 0.3) is 0 Å². The molecule has 0 radical (unpaired) electrons. The van der Waals surface area contributed by atoms with Gasteiger partial charge in [0.1, 0.15) is 0 Å². The van der Waals surface area contributed by atoms with Gasteiger partial charge in [-0.05, 0) is 25.0 Å². The minimum Gasteiger partial charge on any atom is -0.338 e. The number of nitrogens with zero attached hydrogens (tertiary/aromatic N) is 2. The molecule has 1 aromatic rings. The average Bonchev–Trinajstić information content (AvgIpc) is 2.59. The van der Waals surface area contributed by atoms with Crippen molar-refractivity contribution in [1.82, 2.24) is 9.80 Å². The molecule has 3 atom stereocenters. The molecule has 0 aromatic heterocycles. The normalized spacial score (nSPS) is 21.0. The lowest BCUT2D eigenvalue weighted by Crippen LogP contribution is -2.58. The van der Waals surface area contributed by atoms with E-state index in [-0.39, 0.29) is 23.8 Å². The maximum atomic E-state index is 12.6. The Hall–Kier alpha value is -1.88. The van der Waals surface area contributed by atoms with Gasteiger partial charge < -0.3 is 15.5 Å². The maximum absolute atomic E-state index is 12.6. The number of carbonyl (C=O) groups is 2. The number of carbonyl (C=O) groups excluding carboxylic acids is 2. The van der Waals surface area contributed by atoms with Crippen LogP contribution < -0.4 is 5.73 Å². The fourth-order valence-electron chi connectivity index (χ4n) is 2.91. The highest BCUT2D eigenvalue weighted by Gasteiger charge is 2.33. The first-order valence-electron chi connectivity index (χ1n) is 8.36. The van der Waals surface area contributed by atoms with Crippen molar-refractivity contribution in [3.63, 3.8) is 0 Å². The van der Waals surface area contributed by atoms with Crippen molar-refractivity contribution in [2.75, 3.05) is 19.6 Å². The zero-order valence-electron chi connectivity index (χ0n) is 14.2. The second-order valence-corrected chi connectivity index (χ2v) is 6.41. The molecule has 3 unspecified atom stereocenters. The number of hydrogen-bond donors (Lipinski definition) is 1. The van der Waals surface area contributed by atoms with Crippen LogP contribution in [0.5, 0.6) is 0 Å². The number of nitrogens with two attached hydrogens (primary N) is 1. The van der Waals surface area contributed by atoms with Crippen molar-refractivity contribution in [1.29, 1.82) is 0 Å². The molecule has 1 aliphatic heterocycles. The second kappa shape index (κ2) is 7.59. The van der Waals surface area contributed by atoms with Crippen molar-refractivity contribution >= 4 is 11.8 Å². The highest BCUT2D eigenvalue weighted by molar-refractivity contribution is 5.94. The quantitative estimate of drug-likeness (QED) is 0.920. The van der Waals surface area contributed by atoms with E-state index in [1.165, 1.54) is 0 Å². The second-order valence-electron chi connectivity index (χ2n) is 6.41. The van der Waals surface area contributed by atoms with Crippen molar-refractivity contribution < 1.29 is 9.59 Å². The van der Waals surface area contributed by atoms with Gasteiger partial charge >= 0.3 is 0 Å². The van der Waals surface area contributed by atoms with E-state index in [9.17, 15) is 9.59 Å². The molecule has 1 saturated heterocycles. The van der Waals surface area contributed by atoms with Crippen LogP contribution in [0.2, 0.25) is 0 Å². The summed E-state index contributed by atoms with van der Waals surface area (Å²) in [5.74, 6) is 0.191. The molecule has 5 nitrogen and oxygen atoms in total. The lowest BCUT2D eigenvalue weighted by atomic mass is 9.98. The van der Waals surface area contributed by atoms with Crippen molar-refractivity contribution in [3.8, 4) is 0 Å². The summed E-state index contributed by atoms with van der Waals surface area (Å²) >= 11 is 0. The highest BCUT2D eigenvalue weighted by atomic mass is 16.2. The van der Waals surface area contributed by atoms with E-state index in [1.54, 1.807) is 4.90 Å². The molecule has 5 heteroatoms. The predicted molar refractivity (Wildman–Crippen MR) is 91.0 cm³/mol. The van der Waals surface area contributed by atoms with Crippen LogP contribution >= 0.6 is 0 Å². The van der Waals surface area contributed by atoms with Gasteiger partial charge in [-0.15, -0.1) is 0 Å². The average molecular weight is 317 g/mol. The molecule has 0 aliphatic carbocycles. The van der Waals surface area contributed by atoms with Crippen LogP contribution in [-0.2, 0) is 4.79 Å². The smallest absolute Gasteiger partial charge is 0.254 e. The number of piperazine rings is 1. The zero-order chi connectivity index (χ0) is 17.0. The van der Waals surface area contributed by atoms with Crippen LogP contribution in [-0.4, -0.2) is 53.3 Å². The van der Waals surface area contributed by atoms with E-state index in [0.29, 0.717) is 25.2 Å². The zero-order valence-corrected chi connectivity index (χ0v) is 14.2. The van der Waals surface area contributed by atoms with E-state index in [4.69, 9.17) is 5.73 Å². The van der Waals surface area contributed by atoms with Crippen LogP contribution in [0.1, 0.15) is 37.6 Å². The molecular formula is C18H27N3O2. The Bertz CT molecular complexity index is 546. The van der Waals surface area contributed by atoms with Gasteiger partial charge in [0.25, 0.3) is 5.91 Å². The summed E-state index contributed by atoms with van der Waals surface area (Å²) in [6.45, 7) is 7.66. The number of benzene rings is 1. The monoisotopic (exact) mass is 317 g/mol. The van der Waals surface area contributed by atoms with Gasteiger partial charge in [0, 0.05) is 31.2 Å². The molecule has 2 amide bonds. The first kappa shape index (κ1) is 17.5. The fraction of sp³-hybridized carbons (Fsp3) is 0.556. The van der Waals surface area contributed by atoms with E-state index >= 15 is 0 Å². The highest BCUT2D eigenvalue weighted by Crippen LogP contribution is 2.16. The fourth-order valence-corrected chi connectivity index (χ4v) is 2.91. The standard InChI is InChI=1S/C18H27N3O2/c1-4-13(2)16(19)18(23)20-10-11-21(14(3)12-20)17(22)15-8-6-5-7-9-15/h5-9,13-14,16H,4,10-12,19H2,1-3H3. The molecule has 23 heavy (non-hydrogen) atoms. The molecule has 1 fully saturated rings. The number of amides is 2. The summed E-state index contributed by atoms with van der Waals surface area (Å²) < 4.78 is 0. The van der Waals surface area contributed by atoms with E-state index in [1.807, 2.05) is 56.0 Å². The minimum absolute atomic E-state index is 0.00184. The van der Waals surface area contributed by atoms with Crippen molar-refractivity contribution in [2.24, 2.45) is 11.7 Å². The Morgan fingerprint density at radius 3 is 2.48 bits per heavy atom. The van der Waals surface area contributed by atoms with Gasteiger partial charge in [0.2, 0.25) is 5.91 Å². The summed E-state index contributed by atoms with van der Waals surface area (Å²) in [4.78, 5) is 28.7. The third kappa shape index (κ3) is 3.91. The van der Waals surface area contributed by atoms with Crippen LogP contribution in [0.4, 0.5) is 0 Å². The Labute approximate surface area is 138 Å². The molecular weight excluding hydrogens is 290 g/mol. The first-order valence-corrected chi connectivity index (χ1v) is 8.36. The third-order valence-corrected chi connectivity index (χ3v) is 4.76. The SMILES string of the molecule is CCC(C)C(N)C(=O)N1CCN(C(=O)c2ccccc2)C(C)C1. The van der Waals surface area contributed by atoms with Crippen molar-refractivity contribution in [2.45, 2.75) is 39.3 Å². The Balaban J connectivity index is 2.00. The van der Waals surface area contributed by atoms with Crippen LogP contribution in [0, 0.1) is 5.92 Å². The molecule has 1 aromatic carbocycles. The van der Waals surface area contributed by atoms with Gasteiger partial charge in [-0.1, -0.05) is 38.5 Å². The molecule has 2 N–H and O–H groups in total. The van der Waals surface area contributed by atoms with Crippen LogP contribution in [0.15, 0.2) is 30.3 Å². The molecule has 0 spiro atoms. The molecule has 126 valence electrons. The summed E-state index contributed by atoms with van der Waals surface area (Å²) in [6.07, 6.45) is 0.884. The van der Waals surface area contributed by atoms with E-state index in [2.05, 4.69) is 0 Å². The summed E-state index contributed by atoms with van der Waals surface area (Å²) in [5, 5.41) is 0. The van der Waals surface area contributed by atoms with E-state index < -0.39 is 6.04 Å². The topological polar surface area (TPSA) is 66.6 Å². The molecule has 2 rings (SSSR count). The summed E-state index contributed by atoms with van der Waals surface area (Å²) in [7, 11) is 0. The maximum Gasteiger partial charge on any atom is 0.254 e. The lowest BCUT2D eigenvalue weighted by Gasteiger charge is -2.41. The van der Waals surface area contributed by atoms with Gasteiger partial charge in [0.15, 0.2) is 0 Å². The first-order chi connectivity index (χ1) is 11.0. The van der Waals surface area contributed by atoms with E-state index in [0.717, 1.165) is 6.42 Å². The minimum atomic E-state index is -0.455. The predicted octanol–water partition coefficient (Wildman–Crippen LogP) is 1.73.